The van der Waals surface area contributed by atoms with E-state index in [-0.39, 0.29) is 17.5 Å². The highest BCUT2D eigenvalue weighted by atomic mass is 32.2. The number of hydrogen-bond donors (Lipinski definition) is 2. The van der Waals surface area contributed by atoms with E-state index < -0.39 is 10.0 Å². The molecule has 0 spiro atoms. The number of aromatic nitrogens is 1. The van der Waals surface area contributed by atoms with E-state index in [1.807, 2.05) is 19.9 Å². The fourth-order valence-corrected chi connectivity index (χ4v) is 3.55. The van der Waals surface area contributed by atoms with Crippen molar-refractivity contribution in [3.63, 3.8) is 0 Å². The summed E-state index contributed by atoms with van der Waals surface area (Å²) in [5, 5.41) is 0.745. The molecule has 1 aromatic heterocycles. The highest BCUT2D eigenvalue weighted by molar-refractivity contribution is 7.89. The van der Waals surface area contributed by atoms with Crippen LogP contribution >= 0.6 is 11.3 Å². The molecule has 1 heterocycles. The number of hydrogen-bond acceptors (Lipinski definition) is 5. The molecule has 0 aliphatic rings. The topological polar surface area (TPSA) is 85.1 Å². The van der Waals surface area contributed by atoms with Gasteiger partial charge in [-0.25, -0.2) is 18.1 Å². The molecule has 0 aliphatic carbocycles. The molecule has 20 heavy (non-hydrogen) atoms. The van der Waals surface area contributed by atoms with Crippen molar-refractivity contribution in [2.24, 2.45) is 5.73 Å². The highest BCUT2D eigenvalue weighted by Gasteiger charge is 2.15. The van der Waals surface area contributed by atoms with Gasteiger partial charge in [0.1, 0.15) is 5.01 Å². The summed E-state index contributed by atoms with van der Waals surface area (Å²) in [5.41, 5.74) is 6.56. The first-order chi connectivity index (χ1) is 9.38. The van der Waals surface area contributed by atoms with Crippen LogP contribution in [0.3, 0.4) is 0 Å². The zero-order valence-corrected chi connectivity index (χ0v) is 13.0. The van der Waals surface area contributed by atoms with Crippen LogP contribution in [0.25, 0.3) is 0 Å². The van der Waals surface area contributed by atoms with Crippen LogP contribution < -0.4 is 10.5 Å². The van der Waals surface area contributed by atoms with Crippen molar-refractivity contribution in [1.82, 2.24) is 9.71 Å². The third-order valence-corrected chi connectivity index (χ3v) is 5.09. The predicted octanol–water partition coefficient (Wildman–Crippen LogP) is 1.95. The number of aryl methyl sites for hydroxylation is 1. The van der Waals surface area contributed by atoms with Crippen LogP contribution in [0.5, 0.6) is 0 Å². The van der Waals surface area contributed by atoms with Gasteiger partial charge in [0.2, 0.25) is 10.0 Å². The fourth-order valence-electron chi connectivity index (χ4n) is 1.69. The van der Waals surface area contributed by atoms with Gasteiger partial charge >= 0.3 is 0 Å². The van der Waals surface area contributed by atoms with Crippen molar-refractivity contribution in [2.75, 3.05) is 0 Å². The molecule has 0 amide bonds. The Labute approximate surface area is 122 Å². The minimum absolute atomic E-state index is 0.198. The van der Waals surface area contributed by atoms with Crippen LogP contribution in [0.1, 0.15) is 28.4 Å². The van der Waals surface area contributed by atoms with Gasteiger partial charge in [0.15, 0.2) is 0 Å². The molecule has 0 saturated heterocycles. The van der Waals surface area contributed by atoms with Crippen molar-refractivity contribution in [1.29, 1.82) is 0 Å². The van der Waals surface area contributed by atoms with Crippen LogP contribution in [0.15, 0.2) is 35.4 Å². The molecule has 2 rings (SSSR count). The second-order valence-corrected chi connectivity index (χ2v) is 7.64. The maximum absolute atomic E-state index is 12.2. The molecule has 7 heteroatoms. The van der Waals surface area contributed by atoms with Crippen LogP contribution in [0, 0.1) is 6.92 Å². The molecule has 1 atom stereocenters. The molecule has 5 nitrogen and oxygen atoms in total. The lowest BCUT2D eigenvalue weighted by Gasteiger charge is -2.09. The molecule has 0 bridgehead atoms. The SMILES string of the molecule is Cc1cnc(CNS(=O)(=O)c2cccc(C(C)N)c2)s1. The number of thiazole rings is 1. The third kappa shape index (κ3) is 3.63. The summed E-state index contributed by atoms with van der Waals surface area (Å²) >= 11 is 1.47. The van der Waals surface area contributed by atoms with E-state index in [1.54, 1.807) is 24.4 Å². The predicted molar refractivity (Wildman–Crippen MR) is 79.9 cm³/mol. The van der Waals surface area contributed by atoms with Gasteiger partial charge in [-0.15, -0.1) is 11.3 Å². The summed E-state index contributed by atoms with van der Waals surface area (Å²) in [5.74, 6) is 0. The Kier molecular flexibility index (Phi) is 4.54. The Bertz CT molecular complexity index is 693. The summed E-state index contributed by atoms with van der Waals surface area (Å²) in [6.45, 7) is 3.95. The summed E-state index contributed by atoms with van der Waals surface area (Å²) in [6.07, 6.45) is 1.73. The van der Waals surface area contributed by atoms with Crippen molar-refractivity contribution in [2.45, 2.75) is 31.3 Å². The van der Waals surface area contributed by atoms with Gasteiger partial charge in [0, 0.05) is 17.1 Å². The maximum Gasteiger partial charge on any atom is 0.240 e. The lowest BCUT2D eigenvalue weighted by molar-refractivity contribution is 0.581. The molecule has 0 radical (unpaired) electrons. The zero-order chi connectivity index (χ0) is 14.8. The first kappa shape index (κ1) is 15.1. The number of sulfonamides is 1. The van der Waals surface area contributed by atoms with Crippen molar-refractivity contribution in [3.8, 4) is 0 Å². The molecule has 2 aromatic rings. The highest BCUT2D eigenvalue weighted by Crippen LogP contribution is 2.17. The van der Waals surface area contributed by atoms with Crippen LogP contribution in [0.4, 0.5) is 0 Å². The Hall–Kier alpha value is -1.28. The fraction of sp³-hybridized carbons (Fsp3) is 0.308. The van der Waals surface area contributed by atoms with Gasteiger partial charge < -0.3 is 5.73 Å². The van der Waals surface area contributed by atoms with E-state index in [0.29, 0.717) is 0 Å². The molecule has 0 saturated carbocycles. The summed E-state index contributed by atoms with van der Waals surface area (Å²) < 4.78 is 27.0. The second-order valence-electron chi connectivity index (χ2n) is 4.55. The Morgan fingerprint density at radius 1 is 1.45 bits per heavy atom. The quantitative estimate of drug-likeness (QED) is 0.884. The standard InChI is InChI=1S/C13H17N3O2S2/c1-9-7-15-13(19-9)8-16-20(17,18)12-5-3-4-11(6-12)10(2)14/h3-7,10,16H,8,14H2,1-2H3. The monoisotopic (exact) mass is 311 g/mol. The lowest BCUT2D eigenvalue weighted by Crippen LogP contribution is -2.23. The minimum atomic E-state index is -3.54. The first-order valence-corrected chi connectivity index (χ1v) is 8.45. The number of nitrogens with two attached hydrogens (primary N) is 1. The lowest BCUT2D eigenvalue weighted by atomic mass is 10.1. The van der Waals surface area contributed by atoms with Crippen LogP contribution in [0.2, 0.25) is 0 Å². The average molecular weight is 311 g/mol. The molecule has 108 valence electrons. The van der Waals surface area contributed by atoms with Gasteiger partial charge in [-0.2, -0.15) is 0 Å². The van der Waals surface area contributed by atoms with Crippen LogP contribution in [-0.4, -0.2) is 13.4 Å². The number of benzene rings is 1. The van der Waals surface area contributed by atoms with Crippen molar-refractivity contribution in [3.05, 3.63) is 45.9 Å². The van der Waals surface area contributed by atoms with E-state index >= 15 is 0 Å². The Morgan fingerprint density at radius 3 is 2.80 bits per heavy atom. The van der Waals surface area contributed by atoms with Gasteiger partial charge in [0.05, 0.1) is 11.4 Å². The van der Waals surface area contributed by atoms with Crippen molar-refractivity contribution >= 4 is 21.4 Å². The summed E-state index contributed by atoms with van der Waals surface area (Å²) in [4.78, 5) is 5.41. The number of nitrogens with zero attached hydrogens (tertiary/aromatic N) is 1. The normalized spacial score (nSPS) is 13.3. The first-order valence-electron chi connectivity index (χ1n) is 6.15. The Morgan fingerprint density at radius 2 is 2.20 bits per heavy atom. The van der Waals surface area contributed by atoms with Gasteiger partial charge in [-0.05, 0) is 31.5 Å². The molecule has 1 unspecified atom stereocenters. The van der Waals surface area contributed by atoms with Crippen LogP contribution in [-0.2, 0) is 16.6 Å². The number of nitrogens with one attached hydrogen (secondary N) is 1. The molecular formula is C13H17N3O2S2. The van der Waals surface area contributed by atoms with E-state index in [0.717, 1.165) is 15.4 Å². The van der Waals surface area contributed by atoms with Gasteiger partial charge in [-0.3, -0.25) is 0 Å². The largest absolute Gasteiger partial charge is 0.324 e. The van der Waals surface area contributed by atoms with E-state index in [2.05, 4.69) is 9.71 Å². The zero-order valence-electron chi connectivity index (χ0n) is 11.3. The van der Waals surface area contributed by atoms with E-state index in [4.69, 9.17) is 5.73 Å². The average Bonchev–Trinajstić information content (AvgIpc) is 2.82. The summed E-state index contributed by atoms with van der Waals surface area (Å²) in [6, 6.07) is 6.46. The smallest absolute Gasteiger partial charge is 0.240 e. The van der Waals surface area contributed by atoms with E-state index in [9.17, 15) is 8.42 Å². The molecule has 3 N–H and O–H groups in total. The van der Waals surface area contributed by atoms with Crippen molar-refractivity contribution < 1.29 is 8.42 Å². The second kappa shape index (κ2) is 6.01. The minimum Gasteiger partial charge on any atom is -0.324 e. The molecule has 1 aromatic carbocycles. The van der Waals surface area contributed by atoms with E-state index in [1.165, 1.54) is 11.3 Å². The third-order valence-electron chi connectivity index (χ3n) is 2.78. The molecule has 0 aliphatic heterocycles. The molecule has 0 fully saturated rings. The molecular weight excluding hydrogens is 294 g/mol. The van der Waals surface area contributed by atoms with Gasteiger partial charge in [0.25, 0.3) is 0 Å². The number of rotatable bonds is 5. The van der Waals surface area contributed by atoms with Gasteiger partial charge in [-0.1, -0.05) is 12.1 Å². The Balaban J connectivity index is 2.15. The maximum atomic E-state index is 12.2. The summed E-state index contributed by atoms with van der Waals surface area (Å²) in [7, 11) is -3.54.